The summed E-state index contributed by atoms with van der Waals surface area (Å²) in [6.45, 7) is 0.538. The predicted molar refractivity (Wildman–Crippen MR) is 118 cm³/mol. The molecule has 4 heterocycles. The van der Waals surface area contributed by atoms with Gasteiger partial charge in [-0.2, -0.15) is 0 Å². The zero-order chi connectivity index (χ0) is 22.5. The maximum atomic E-state index is 13.1. The minimum Gasteiger partial charge on any atom is -0.495 e. The number of aliphatic carboxylic acids is 1. The summed E-state index contributed by atoms with van der Waals surface area (Å²) in [6.07, 6.45) is 7.81. The number of likely N-dealkylation sites (tertiary alicyclic amines) is 1. The van der Waals surface area contributed by atoms with E-state index >= 15 is 0 Å². The third kappa shape index (κ3) is 4.85. The molecule has 0 saturated carbocycles. The molecule has 2 unspecified atom stereocenters. The Kier molecular flexibility index (Phi) is 6.58. The van der Waals surface area contributed by atoms with E-state index in [1.807, 2.05) is 24.3 Å². The molecular weight excluding hydrogens is 408 g/mol. The number of fused-ring (bicyclic) bond motifs is 1. The zero-order valence-corrected chi connectivity index (χ0v) is 18.0. The molecule has 1 amide bonds. The first-order valence-corrected chi connectivity index (χ1v) is 10.8. The average molecular weight is 434 g/mol. The summed E-state index contributed by atoms with van der Waals surface area (Å²) in [7, 11) is 1.53. The second kappa shape index (κ2) is 9.72. The summed E-state index contributed by atoms with van der Waals surface area (Å²) >= 11 is 0. The van der Waals surface area contributed by atoms with Gasteiger partial charge in [-0.15, -0.1) is 0 Å². The second-order valence-corrected chi connectivity index (χ2v) is 8.03. The van der Waals surface area contributed by atoms with Crippen molar-refractivity contribution >= 4 is 22.9 Å². The van der Waals surface area contributed by atoms with Gasteiger partial charge in [0.05, 0.1) is 25.8 Å². The van der Waals surface area contributed by atoms with Crippen molar-refractivity contribution in [3.8, 4) is 5.75 Å². The minimum absolute atomic E-state index is 0.00667. The third-order valence-corrected chi connectivity index (χ3v) is 5.96. The van der Waals surface area contributed by atoms with Crippen LogP contribution in [0.5, 0.6) is 5.75 Å². The molecule has 8 nitrogen and oxygen atoms in total. The highest BCUT2D eigenvalue weighted by Gasteiger charge is 2.37. The van der Waals surface area contributed by atoms with E-state index in [0.717, 1.165) is 42.4 Å². The van der Waals surface area contributed by atoms with E-state index < -0.39 is 12.0 Å². The number of nitrogens with zero attached hydrogens (tertiary/aromatic N) is 4. The fraction of sp³-hybridized carbons (Fsp3) is 0.375. The Morgan fingerprint density at radius 1 is 1.31 bits per heavy atom. The molecule has 4 rings (SSSR count). The van der Waals surface area contributed by atoms with Gasteiger partial charge in [0.2, 0.25) is 5.91 Å². The van der Waals surface area contributed by atoms with Crippen molar-refractivity contribution in [3.63, 3.8) is 0 Å². The van der Waals surface area contributed by atoms with Crippen LogP contribution in [0.3, 0.4) is 0 Å². The maximum Gasteiger partial charge on any atom is 0.305 e. The van der Waals surface area contributed by atoms with Gasteiger partial charge in [-0.1, -0.05) is 0 Å². The number of aromatic nitrogens is 3. The molecule has 1 fully saturated rings. The normalized spacial score (nSPS) is 17.0. The molecule has 1 aliphatic rings. The van der Waals surface area contributed by atoms with Crippen LogP contribution in [0, 0.1) is 5.92 Å². The van der Waals surface area contributed by atoms with E-state index in [9.17, 15) is 14.7 Å². The monoisotopic (exact) mass is 434 g/mol. The molecule has 3 aromatic rings. The molecule has 166 valence electrons. The van der Waals surface area contributed by atoms with Crippen molar-refractivity contribution in [3.05, 3.63) is 60.2 Å². The number of rotatable bonds is 9. The maximum absolute atomic E-state index is 13.1. The molecule has 0 aliphatic carbocycles. The fourth-order valence-corrected chi connectivity index (χ4v) is 4.30. The molecule has 8 heteroatoms. The first kappa shape index (κ1) is 21.7. The van der Waals surface area contributed by atoms with Crippen LogP contribution in [0.25, 0.3) is 11.0 Å². The van der Waals surface area contributed by atoms with Crippen molar-refractivity contribution in [2.45, 2.75) is 38.1 Å². The van der Waals surface area contributed by atoms with Gasteiger partial charge >= 0.3 is 5.97 Å². The molecule has 0 aromatic carbocycles. The lowest BCUT2D eigenvalue weighted by Crippen LogP contribution is -2.33. The number of amides is 1. The van der Waals surface area contributed by atoms with Crippen LogP contribution in [0.2, 0.25) is 0 Å². The smallest absolute Gasteiger partial charge is 0.305 e. The molecule has 32 heavy (non-hydrogen) atoms. The van der Waals surface area contributed by atoms with E-state index in [4.69, 9.17) is 4.74 Å². The first-order chi connectivity index (χ1) is 15.5. The molecule has 0 spiro atoms. The van der Waals surface area contributed by atoms with E-state index in [-0.39, 0.29) is 18.2 Å². The summed E-state index contributed by atoms with van der Waals surface area (Å²) in [4.78, 5) is 39.4. The first-order valence-electron chi connectivity index (χ1n) is 10.8. The van der Waals surface area contributed by atoms with Gasteiger partial charge in [0.1, 0.15) is 5.75 Å². The van der Waals surface area contributed by atoms with Crippen LogP contribution in [0.15, 0.2) is 48.9 Å². The highest BCUT2D eigenvalue weighted by atomic mass is 16.5. The van der Waals surface area contributed by atoms with Crippen molar-refractivity contribution < 1.29 is 19.4 Å². The summed E-state index contributed by atoms with van der Waals surface area (Å²) in [6, 6.07) is 9.09. The fourth-order valence-electron chi connectivity index (χ4n) is 4.30. The Labute approximate surface area is 186 Å². The van der Waals surface area contributed by atoms with Crippen molar-refractivity contribution in [2.24, 2.45) is 5.92 Å². The number of carboxylic acid groups (broad SMARTS) is 1. The number of pyridine rings is 3. The highest BCUT2D eigenvalue weighted by molar-refractivity contribution is 5.82. The molecule has 0 radical (unpaired) electrons. The lowest BCUT2D eigenvalue weighted by atomic mass is 9.99. The standard InChI is InChI=1S/C24H26N4O4/c1-32-20-12-18(14-25-15-20)21(13-22(29)30)28-11-9-17(24(28)31)4-2-6-19-8-7-16-5-3-10-26-23(16)27-19/h3,5,7-8,10,12,14-15,17,21H,2,4,6,9,11,13H2,1H3,(H,29,30). The number of carbonyl (C=O) groups is 2. The summed E-state index contributed by atoms with van der Waals surface area (Å²) in [5, 5.41) is 10.4. The number of methoxy groups -OCH3 is 1. The van der Waals surface area contributed by atoms with Gasteiger partial charge in [0, 0.05) is 35.9 Å². The average Bonchev–Trinajstić information content (AvgIpc) is 3.17. The zero-order valence-electron chi connectivity index (χ0n) is 18.0. The number of aryl methyl sites for hydroxylation is 1. The van der Waals surface area contributed by atoms with Gasteiger partial charge in [0.15, 0.2) is 5.65 Å². The van der Waals surface area contributed by atoms with Crippen molar-refractivity contribution in [1.82, 2.24) is 19.9 Å². The molecule has 3 aromatic heterocycles. The molecule has 1 aliphatic heterocycles. The Morgan fingerprint density at radius 3 is 3.00 bits per heavy atom. The summed E-state index contributed by atoms with van der Waals surface area (Å²) in [5.41, 5.74) is 2.37. The van der Waals surface area contributed by atoms with Crippen LogP contribution in [0.4, 0.5) is 0 Å². The Morgan fingerprint density at radius 2 is 2.19 bits per heavy atom. The van der Waals surface area contributed by atoms with Gasteiger partial charge in [-0.3, -0.25) is 14.6 Å². The van der Waals surface area contributed by atoms with Crippen molar-refractivity contribution in [1.29, 1.82) is 0 Å². The van der Waals surface area contributed by atoms with E-state index in [1.165, 1.54) is 7.11 Å². The van der Waals surface area contributed by atoms with Crippen LogP contribution >= 0.6 is 0 Å². The second-order valence-electron chi connectivity index (χ2n) is 8.03. The van der Waals surface area contributed by atoms with Gasteiger partial charge in [-0.05, 0) is 61.6 Å². The highest BCUT2D eigenvalue weighted by Crippen LogP contribution is 2.34. The largest absolute Gasteiger partial charge is 0.495 e. The van der Waals surface area contributed by atoms with Gasteiger partial charge in [-0.25, -0.2) is 9.97 Å². The van der Waals surface area contributed by atoms with Gasteiger partial charge < -0.3 is 14.7 Å². The number of ether oxygens (including phenoxy) is 1. The van der Waals surface area contributed by atoms with Crippen LogP contribution < -0.4 is 4.74 Å². The van der Waals surface area contributed by atoms with E-state index in [0.29, 0.717) is 17.9 Å². The molecule has 0 bridgehead atoms. The SMILES string of the molecule is COc1cncc(C(CC(=O)O)N2CCC(CCCc3ccc4cccnc4n3)C2=O)c1. The molecule has 1 saturated heterocycles. The van der Waals surface area contributed by atoms with Crippen LogP contribution in [0.1, 0.15) is 43.0 Å². The van der Waals surface area contributed by atoms with Crippen LogP contribution in [-0.2, 0) is 16.0 Å². The third-order valence-electron chi connectivity index (χ3n) is 5.96. The molecular formula is C24H26N4O4. The Bertz CT molecular complexity index is 1120. The summed E-state index contributed by atoms with van der Waals surface area (Å²) < 4.78 is 5.22. The number of carboxylic acids is 1. The number of carbonyl (C=O) groups excluding carboxylic acids is 1. The van der Waals surface area contributed by atoms with Crippen molar-refractivity contribution in [2.75, 3.05) is 13.7 Å². The van der Waals surface area contributed by atoms with E-state index in [1.54, 1.807) is 29.6 Å². The molecule has 2 atom stereocenters. The predicted octanol–water partition coefficient (Wildman–Crippen LogP) is 3.42. The summed E-state index contributed by atoms with van der Waals surface area (Å²) in [5.74, 6) is -0.515. The number of hydrogen-bond acceptors (Lipinski definition) is 6. The quantitative estimate of drug-likeness (QED) is 0.550. The lowest BCUT2D eigenvalue weighted by Gasteiger charge is -2.27. The molecule has 1 N–H and O–H groups in total. The van der Waals surface area contributed by atoms with Crippen LogP contribution in [-0.4, -0.2) is 50.5 Å². The lowest BCUT2D eigenvalue weighted by molar-refractivity contribution is -0.140. The Hall–Kier alpha value is -3.55. The minimum atomic E-state index is -0.954. The van der Waals surface area contributed by atoms with E-state index in [2.05, 4.69) is 15.0 Å². The topological polar surface area (TPSA) is 106 Å². The Balaban J connectivity index is 1.40. The van der Waals surface area contributed by atoms with Gasteiger partial charge in [0.25, 0.3) is 0 Å². The number of hydrogen-bond donors (Lipinski definition) is 1.